The number of nitrogens with zero attached hydrogens (tertiary/aromatic N) is 1. The molecule has 102 valence electrons. The Balaban J connectivity index is 5.19. The number of amides is 1. The van der Waals surface area contributed by atoms with Crippen LogP contribution in [0.25, 0.3) is 0 Å². The van der Waals surface area contributed by atoms with Gasteiger partial charge < -0.3 is 0 Å². The average molecular weight is 265 g/mol. The highest BCUT2D eigenvalue weighted by Gasteiger charge is 2.16. The van der Waals surface area contributed by atoms with Gasteiger partial charge in [-0.3, -0.25) is 4.79 Å². The summed E-state index contributed by atoms with van der Waals surface area (Å²) in [5.74, 6) is -0.552. The Morgan fingerprint density at radius 3 is 1.40 bits per heavy atom. The minimum absolute atomic E-state index is 0.118. The maximum atomic E-state index is 11.4. The Labute approximate surface area is 120 Å². The van der Waals surface area contributed by atoms with Crippen LogP contribution in [0, 0.1) is 0 Å². The van der Waals surface area contributed by atoms with Gasteiger partial charge in [-0.15, -0.1) is 0 Å². The van der Waals surface area contributed by atoms with E-state index < -0.39 is 5.91 Å². The molecule has 0 rings (SSSR count). The second kappa shape index (κ2) is 7.00. The molecule has 0 heterocycles. The first-order valence-corrected chi connectivity index (χ1v) is 5.67. The minimum atomic E-state index is -0.552. The molecule has 0 radical (unpaired) electrons. The molecular formula is C18H19NO. The van der Waals surface area contributed by atoms with Crippen molar-refractivity contribution in [2.75, 3.05) is 0 Å². The van der Waals surface area contributed by atoms with E-state index in [2.05, 4.69) is 64.3 Å². The second-order valence-corrected chi connectivity index (χ2v) is 4.06. The predicted molar refractivity (Wildman–Crippen MR) is 88.7 cm³/mol. The van der Waals surface area contributed by atoms with Gasteiger partial charge in [0, 0.05) is 5.57 Å². The van der Waals surface area contributed by atoms with Gasteiger partial charge >= 0.3 is 0 Å². The smallest absolute Gasteiger partial charge is 0.267 e. The van der Waals surface area contributed by atoms with Crippen LogP contribution in [0.1, 0.15) is 0 Å². The van der Waals surface area contributed by atoms with E-state index in [0.717, 1.165) is 0 Å². The summed E-state index contributed by atoms with van der Waals surface area (Å²) in [5.41, 5.74) is 3.18. The molecule has 0 fully saturated rings. The third kappa shape index (κ3) is 3.62. The molecule has 0 spiro atoms. The first-order chi connectivity index (χ1) is 9.18. The van der Waals surface area contributed by atoms with Crippen LogP contribution in [0.2, 0.25) is 0 Å². The molecule has 0 aromatic carbocycles. The molecule has 0 aliphatic rings. The predicted octanol–water partition coefficient (Wildman–Crippen LogP) is 4.29. The summed E-state index contributed by atoms with van der Waals surface area (Å²) in [4.78, 5) is 14.7. The molecule has 0 aliphatic heterocycles. The fraction of sp³-hybridized carbons (Fsp3) is 0. The molecule has 0 aromatic rings. The van der Waals surface area contributed by atoms with Crippen LogP contribution >= 0.6 is 0 Å². The fourth-order valence-electron chi connectivity index (χ4n) is 1.27. The van der Waals surface area contributed by atoms with Crippen LogP contribution in [0.15, 0.2) is 103 Å². The monoisotopic (exact) mass is 265 g/mol. The largest absolute Gasteiger partial charge is 0.276 e. The molecule has 20 heavy (non-hydrogen) atoms. The number of hydrogen-bond acceptors (Lipinski definition) is 1. The maximum absolute atomic E-state index is 11.4. The summed E-state index contributed by atoms with van der Waals surface area (Å²) in [6.45, 7) is 33.4. The van der Waals surface area contributed by atoms with Crippen LogP contribution in [0.5, 0.6) is 0 Å². The number of rotatable bonds is 8. The fourth-order valence-corrected chi connectivity index (χ4v) is 1.27. The van der Waals surface area contributed by atoms with Gasteiger partial charge in [0.05, 0.1) is 0 Å². The molecule has 0 N–H and O–H groups in total. The summed E-state index contributed by atoms with van der Waals surface area (Å²) in [7, 11) is 0. The average Bonchev–Trinajstić information content (AvgIpc) is 2.48. The molecular weight excluding hydrogens is 246 g/mol. The highest BCUT2D eigenvalue weighted by atomic mass is 16.1. The van der Waals surface area contributed by atoms with Gasteiger partial charge in [-0.2, -0.15) is 0 Å². The van der Waals surface area contributed by atoms with Crippen LogP contribution in [-0.2, 0) is 4.79 Å². The summed E-state index contributed by atoms with van der Waals surface area (Å²) >= 11 is 0. The van der Waals surface area contributed by atoms with Crippen molar-refractivity contribution in [2.45, 2.75) is 0 Å². The number of carbonyl (C=O) groups is 1. The number of carbonyl (C=O) groups excluding carboxylic acids is 1. The van der Waals surface area contributed by atoms with E-state index in [1.54, 1.807) is 6.08 Å². The molecule has 1 amide bonds. The van der Waals surface area contributed by atoms with Crippen molar-refractivity contribution in [3.63, 3.8) is 0 Å². The lowest BCUT2D eigenvalue weighted by atomic mass is 9.87. The zero-order valence-electron chi connectivity index (χ0n) is 11.8. The van der Waals surface area contributed by atoms with Gasteiger partial charge in [-0.05, 0) is 40.2 Å². The van der Waals surface area contributed by atoms with Crippen molar-refractivity contribution < 1.29 is 4.79 Å². The normalized spacial score (nSPS) is 9.00. The maximum Gasteiger partial charge on any atom is 0.276 e. The number of aliphatic imine (C=N–C) groups is 1. The zero-order valence-corrected chi connectivity index (χ0v) is 11.8. The van der Waals surface area contributed by atoms with Crippen LogP contribution in [-0.4, -0.2) is 12.6 Å². The van der Waals surface area contributed by atoms with E-state index in [1.165, 1.54) is 0 Å². The van der Waals surface area contributed by atoms with Gasteiger partial charge in [0.1, 0.15) is 0 Å². The summed E-state index contributed by atoms with van der Waals surface area (Å²) in [6.07, 6.45) is 1.57. The van der Waals surface area contributed by atoms with Gasteiger partial charge in [0.15, 0.2) is 0 Å². The quantitative estimate of drug-likeness (QED) is 0.365. The molecule has 0 saturated heterocycles. The van der Waals surface area contributed by atoms with Gasteiger partial charge in [0.2, 0.25) is 0 Å². The first-order valence-electron chi connectivity index (χ1n) is 5.67. The van der Waals surface area contributed by atoms with Crippen molar-refractivity contribution in [3.8, 4) is 0 Å². The van der Waals surface area contributed by atoms with Crippen LogP contribution in [0.3, 0.4) is 0 Å². The summed E-state index contributed by atoms with van der Waals surface area (Å²) in [5, 5.41) is 0. The Kier molecular flexibility index (Phi) is 6.04. The molecule has 0 aromatic heterocycles. The van der Waals surface area contributed by atoms with E-state index in [0.29, 0.717) is 33.4 Å². The first kappa shape index (κ1) is 17.3. The van der Waals surface area contributed by atoms with Crippen molar-refractivity contribution in [1.82, 2.24) is 0 Å². The van der Waals surface area contributed by atoms with Gasteiger partial charge in [-0.1, -0.05) is 58.7 Å². The van der Waals surface area contributed by atoms with Crippen molar-refractivity contribution in [1.29, 1.82) is 0 Å². The van der Waals surface area contributed by atoms with Gasteiger partial charge in [-0.25, -0.2) is 4.99 Å². The lowest BCUT2D eigenvalue weighted by Crippen LogP contribution is -2.04. The Bertz CT molecular complexity index is 543. The summed E-state index contributed by atoms with van der Waals surface area (Å²) < 4.78 is 0. The van der Waals surface area contributed by atoms with Crippen molar-refractivity contribution in [2.24, 2.45) is 4.99 Å². The van der Waals surface area contributed by atoms with Gasteiger partial charge in [0.25, 0.3) is 5.91 Å². The molecule has 2 heteroatoms. The van der Waals surface area contributed by atoms with E-state index in [4.69, 9.17) is 0 Å². The SMILES string of the molecule is C=CC(=C)C(=C)C(=C)C(=C)C(=C)C(=C)C(=C)C(=O)N=C. The standard InChI is InChI=1S/C18H19NO/c1-10-11(2)12(3)13(4)14(5)15(6)16(7)17(8)18(20)19-9/h10H,1-9H2. The second-order valence-electron chi connectivity index (χ2n) is 4.06. The Hall–Kier alpha value is -2.74. The molecule has 0 atom stereocenters. The lowest BCUT2D eigenvalue weighted by Gasteiger charge is -2.16. The Morgan fingerprint density at radius 1 is 0.700 bits per heavy atom. The number of allylic oxidation sites excluding steroid dienone is 6. The molecule has 0 aliphatic carbocycles. The molecule has 0 bridgehead atoms. The highest BCUT2D eigenvalue weighted by molar-refractivity contribution is 6.01. The van der Waals surface area contributed by atoms with E-state index in [-0.39, 0.29) is 5.57 Å². The third-order valence-electron chi connectivity index (χ3n) is 2.86. The van der Waals surface area contributed by atoms with E-state index in [1.807, 2.05) is 0 Å². The topological polar surface area (TPSA) is 29.4 Å². The highest BCUT2D eigenvalue weighted by Crippen LogP contribution is 2.30. The zero-order chi connectivity index (χ0) is 16.0. The molecule has 0 unspecified atom stereocenters. The van der Waals surface area contributed by atoms with E-state index in [9.17, 15) is 4.79 Å². The van der Waals surface area contributed by atoms with Crippen LogP contribution < -0.4 is 0 Å². The lowest BCUT2D eigenvalue weighted by molar-refractivity contribution is -0.114. The molecule has 2 nitrogen and oxygen atoms in total. The van der Waals surface area contributed by atoms with E-state index >= 15 is 0 Å². The number of hydrogen-bond donors (Lipinski definition) is 0. The summed E-state index contributed by atoms with van der Waals surface area (Å²) in [6, 6.07) is 0. The minimum Gasteiger partial charge on any atom is -0.267 e. The Morgan fingerprint density at radius 2 is 1.05 bits per heavy atom. The third-order valence-corrected chi connectivity index (χ3v) is 2.86. The van der Waals surface area contributed by atoms with Crippen molar-refractivity contribution in [3.05, 3.63) is 97.7 Å². The van der Waals surface area contributed by atoms with Crippen LogP contribution in [0.4, 0.5) is 0 Å². The van der Waals surface area contributed by atoms with Crippen molar-refractivity contribution >= 4 is 12.6 Å². The molecule has 0 saturated carbocycles.